The van der Waals surface area contributed by atoms with Crippen LogP contribution in [0.2, 0.25) is 0 Å². The van der Waals surface area contributed by atoms with Crippen molar-refractivity contribution in [1.82, 2.24) is 4.31 Å². The molecule has 9 heteroatoms. The van der Waals surface area contributed by atoms with Gasteiger partial charge in [-0.25, -0.2) is 13.2 Å². The van der Waals surface area contributed by atoms with Gasteiger partial charge in [0.2, 0.25) is 10.0 Å². The van der Waals surface area contributed by atoms with E-state index in [0.717, 1.165) is 22.9 Å². The summed E-state index contributed by atoms with van der Waals surface area (Å²) < 4.78 is 33.1. The molecule has 1 aliphatic heterocycles. The van der Waals surface area contributed by atoms with Gasteiger partial charge in [-0.1, -0.05) is 0 Å². The van der Waals surface area contributed by atoms with Gasteiger partial charge >= 0.3 is 5.97 Å². The van der Waals surface area contributed by atoms with Gasteiger partial charge in [0.25, 0.3) is 0 Å². The van der Waals surface area contributed by atoms with Crippen LogP contribution in [-0.2, 0) is 14.8 Å². The minimum atomic E-state index is -3.57. The summed E-state index contributed by atoms with van der Waals surface area (Å²) in [5.74, 6) is -0.383. The van der Waals surface area contributed by atoms with Gasteiger partial charge in [0.05, 0.1) is 11.5 Å². The lowest BCUT2D eigenvalue weighted by atomic mass is 10.2. The van der Waals surface area contributed by atoms with Crippen LogP contribution in [-0.4, -0.2) is 44.4 Å². The van der Waals surface area contributed by atoms with E-state index in [9.17, 15) is 13.2 Å². The summed E-state index contributed by atoms with van der Waals surface area (Å²) >= 11 is 1.30. The first-order valence-electron chi connectivity index (χ1n) is 7.90. The second kappa shape index (κ2) is 8.01. The van der Waals surface area contributed by atoms with Gasteiger partial charge in [0.1, 0.15) is 4.88 Å². The fraction of sp³-hybridized carbons (Fsp3) is 0.438. The van der Waals surface area contributed by atoms with E-state index in [4.69, 9.17) is 10.5 Å². The van der Waals surface area contributed by atoms with Crippen molar-refractivity contribution in [3.8, 4) is 0 Å². The van der Waals surface area contributed by atoms with Crippen molar-refractivity contribution in [2.24, 2.45) is 5.73 Å². The quantitative estimate of drug-likeness (QED) is 0.773. The number of esters is 1. The molecule has 138 valence electrons. The Morgan fingerprint density at radius 2 is 2.16 bits per heavy atom. The molecule has 6 nitrogen and oxygen atoms in total. The molecule has 1 aromatic carbocycles. The average Bonchev–Trinajstić information content (AvgIpc) is 3.21. The Labute approximate surface area is 157 Å². The maximum atomic E-state index is 12.9. The molecule has 0 spiro atoms. The van der Waals surface area contributed by atoms with Crippen LogP contribution in [0.5, 0.6) is 0 Å². The topological polar surface area (TPSA) is 89.7 Å². The van der Waals surface area contributed by atoms with Crippen LogP contribution in [0.1, 0.15) is 29.4 Å². The molecule has 1 fully saturated rings. The number of thiophene rings is 1. The lowest BCUT2D eigenvalue weighted by Gasteiger charge is -2.22. The zero-order chi connectivity index (χ0) is 17.3. The van der Waals surface area contributed by atoms with Crippen LogP contribution in [0.3, 0.4) is 0 Å². The third-order valence-corrected chi connectivity index (χ3v) is 7.21. The molecule has 1 atom stereocenters. The Hall–Kier alpha value is -1.19. The van der Waals surface area contributed by atoms with Crippen molar-refractivity contribution in [3.63, 3.8) is 0 Å². The summed E-state index contributed by atoms with van der Waals surface area (Å²) in [4.78, 5) is 12.5. The van der Waals surface area contributed by atoms with Crippen LogP contribution in [0, 0.1) is 0 Å². The van der Waals surface area contributed by atoms with Gasteiger partial charge in [-0.3, -0.25) is 0 Å². The Bertz CT molecular complexity index is 866. The minimum absolute atomic E-state index is 0. The lowest BCUT2D eigenvalue weighted by Crippen LogP contribution is -2.39. The number of nitrogens with zero attached hydrogens (tertiary/aromatic N) is 1. The zero-order valence-electron chi connectivity index (χ0n) is 13.8. The summed E-state index contributed by atoms with van der Waals surface area (Å²) in [5, 5.41) is 0.729. The van der Waals surface area contributed by atoms with E-state index >= 15 is 0 Å². The molecule has 2 N–H and O–H groups in total. The molecule has 0 radical (unpaired) electrons. The van der Waals surface area contributed by atoms with Crippen LogP contribution in [0.15, 0.2) is 29.2 Å². The van der Waals surface area contributed by atoms with E-state index in [2.05, 4.69) is 0 Å². The molecule has 0 amide bonds. The summed E-state index contributed by atoms with van der Waals surface area (Å²) in [7, 11) is -3.57. The van der Waals surface area contributed by atoms with Gasteiger partial charge in [0.15, 0.2) is 0 Å². The van der Waals surface area contributed by atoms with E-state index < -0.39 is 10.0 Å². The molecular formula is C16H21ClN2O4S2. The highest BCUT2D eigenvalue weighted by atomic mass is 35.5. The first-order chi connectivity index (χ1) is 11.5. The number of nitrogens with two attached hydrogens (primary N) is 1. The number of rotatable bonds is 5. The standard InChI is InChI=1S/C16H20N2O4S2.ClH/c1-2-22-16(19)15-9-11-8-13(5-6-14(11)23-15)24(20,21)18-7-3-4-12(18)10-17;/h5-6,8-9,12H,2-4,7,10,17H2,1H3;1H. The van der Waals surface area contributed by atoms with Crippen molar-refractivity contribution in [2.75, 3.05) is 19.7 Å². The highest BCUT2D eigenvalue weighted by Crippen LogP contribution is 2.31. The zero-order valence-corrected chi connectivity index (χ0v) is 16.3. The predicted octanol–water partition coefficient (Wildman–Crippen LogP) is 2.61. The van der Waals surface area contributed by atoms with Crippen molar-refractivity contribution in [3.05, 3.63) is 29.1 Å². The molecule has 25 heavy (non-hydrogen) atoms. The molecule has 3 rings (SSSR count). The third-order valence-electron chi connectivity index (χ3n) is 4.17. The highest BCUT2D eigenvalue weighted by molar-refractivity contribution is 7.89. The molecule has 1 aliphatic rings. The molecular weight excluding hydrogens is 384 g/mol. The number of hydrogen-bond donors (Lipinski definition) is 1. The maximum absolute atomic E-state index is 12.9. The normalized spacial score (nSPS) is 18.2. The maximum Gasteiger partial charge on any atom is 0.348 e. The summed E-state index contributed by atoms with van der Waals surface area (Å²) in [6, 6.07) is 6.50. The van der Waals surface area contributed by atoms with Crippen molar-refractivity contribution in [1.29, 1.82) is 0 Å². The summed E-state index contributed by atoms with van der Waals surface area (Å²) in [5.41, 5.74) is 5.70. The van der Waals surface area contributed by atoms with Gasteiger partial charge in [-0.2, -0.15) is 4.31 Å². The second-order valence-corrected chi connectivity index (χ2v) is 8.65. The van der Waals surface area contributed by atoms with E-state index in [0.29, 0.717) is 24.6 Å². The number of halogens is 1. The van der Waals surface area contributed by atoms with Crippen LogP contribution in [0.25, 0.3) is 10.1 Å². The summed E-state index contributed by atoms with van der Waals surface area (Å²) in [6.07, 6.45) is 1.62. The Morgan fingerprint density at radius 3 is 2.84 bits per heavy atom. The van der Waals surface area contributed by atoms with E-state index in [-0.39, 0.29) is 29.3 Å². The fourth-order valence-electron chi connectivity index (χ4n) is 2.98. The predicted molar refractivity (Wildman–Crippen MR) is 101 cm³/mol. The SMILES string of the molecule is CCOC(=O)c1cc2cc(S(=O)(=O)N3CCCC3CN)ccc2s1.Cl. The van der Waals surface area contributed by atoms with Crippen molar-refractivity contribution < 1.29 is 17.9 Å². The van der Waals surface area contributed by atoms with Crippen LogP contribution in [0.4, 0.5) is 0 Å². The number of hydrogen-bond acceptors (Lipinski definition) is 6. The first kappa shape index (κ1) is 20.1. The molecule has 1 aromatic heterocycles. The Kier molecular flexibility index (Phi) is 6.45. The number of benzene rings is 1. The summed E-state index contributed by atoms with van der Waals surface area (Å²) in [6.45, 7) is 2.88. The van der Waals surface area contributed by atoms with Crippen LogP contribution >= 0.6 is 23.7 Å². The highest BCUT2D eigenvalue weighted by Gasteiger charge is 2.34. The molecule has 0 aliphatic carbocycles. The van der Waals surface area contributed by atoms with E-state index in [1.54, 1.807) is 31.2 Å². The Morgan fingerprint density at radius 1 is 1.40 bits per heavy atom. The molecule has 2 heterocycles. The second-order valence-electron chi connectivity index (χ2n) is 5.68. The number of sulfonamides is 1. The van der Waals surface area contributed by atoms with Gasteiger partial charge in [-0.15, -0.1) is 23.7 Å². The number of carbonyl (C=O) groups is 1. The first-order valence-corrected chi connectivity index (χ1v) is 10.2. The van der Waals surface area contributed by atoms with Gasteiger partial charge < -0.3 is 10.5 Å². The van der Waals surface area contributed by atoms with Crippen molar-refractivity contribution in [2.45, 2.75) is 30.7 Å². The number of carbonyl (C=O) groups excluding carboxylic acids is 1. The monoisotopic (exact) mass is 404 g/mol. The average molecular weight is 405 g/mol. The molecule has 2 aromatic rings. The minimum Gasteiger partial charge on any atom is -0.462 e. The molecule has 0 bridgehead atoms. The molecule has 0 saturated carbocycles. The Balaban J connectivity index is 0.00000225. The fourth-order valence-corrected chi connectivity index (χ4v) is 5.66. The molecule has 1 saturated heterocycles. The number of fused-ring (bicyclic) bond motifs is 1. The van der Waals surface area contributed by atoms with Crippen molar-refractivity contribution >= 4 is 49.8 Å². The van der Waals surface area contributed by atoms with E-state index in [1.165, 1.54) is 15.6 Å². The third kappa shape index (κ3) is 3.83. The van der Waals surface area contributed by atoms with Crippen LogP contribution < -0.4 is 5.73 Å². The lowest BCUT2D eigenvalue weighted by molar-refractivity contribution is 0.0532. The number of ether oxygens (including phenoxy) is 1. The largest absolute Gasteiger partial charge is 0.462 e. The van der Waals surface area contributed by atoms with E-state index in [1.807, 2.05) is 0 Å². The molecule has 1 unspecified atom stereocenters. The van der Waals surface area contributed by atoms with Gasteiger partial charge in [-0.05, 0) is 49.4 Å². The van der Waals surface area contributed by atoms with Gasteiger partial charge in [0, 0.05) is 23.8 Å². The smallest absolute Gasteiger partial charge is 0.348 e.